The van der Waals surface area contributed by atoms with Gasteiger partial charge in [0.1, 0.15) is 23.4 Å². The van der Waals surface area contributed by atoms with Gasteiger partial charge in [0.25, 0.3) is 0 Å². The summed E-state index contributed by atoms with van der Waals surface area (Å²) in [5.41, 5.74) is 1.68. The lowest BCUT2D eigenvalue weighted by Gasteiger charge is -2.17. The molecule has 1 aromatic carbocycles. The standard InChI is InChI=1S/C19H15ClF3N7O/c1-10(11-7-24-18(25-8-11)19(21,22)23)28-17-13-5-12(30-4-3-15(20)29-30)6-14(31-2)16(13)26-9-27-17/h3-10H,1-2H3,(H,26,27,28). The molecule has 12 heteroatoms. The zero-order valence-corrected chi connectivity index (χ0v) is 17.0. The van der Waals surface area contributed by atoms with Crippen LogP contribution in [0, 0.1) is 0 Å². The number of methoxy groups -OCH3 is 1. The molecule has 0 saturated carbocycles. The highest BCUT2D eigenvalue weighted by Crippen LogP contribution is 2.33. The van der Waals surface area contributed by atoms with Gasteiger partial charge in [-0.05, 0) is 19.1 Å². The van der Waals surface area contributed by atoms with Gasteiger partial charge in [0.15, 0.2) is 5.15 Å². The second-order valence-corrected chi connectivity index (χ2v) is 6.94. The van der Waals surface area contributed by atoms with Gasteiger partial charge in [-0.2, -0.15) is 18.3 Å². The Hall–Kier alpha value is -3.47. The van der Waals surface area contributed by atoms with Crippen molar-refractivity contribution in [2.45, 2.75) is 19.1 Å². The smallest absolute Gasteiger partial charge is 0.451 e. The molecule has 3 aromatic heterocycles. The molecule has 0 fully saturated rings. The minimum absolute atomic E-state index is 0.331. The molecule has 0 aliphatic carbocycles. The molecule has 8 nitrogen and oxygen atoms in total. The number of aromatic nitrogens is 6. The summed E-state index contributed by atoms with van der Waals surface area (Å²) in [5.74, 6) is -0.242. The first-order valence-corrected chi connectivity index (χ1v) is 9.34. The monoisotopic (exact) mass is 449 g/mol. The zero-order valence-electron chi connectivity index (χ0n) is 16.2. The molecule has 0 saturated heterocycles. The van der Waals surface area contributed by atoms with E-state index in [-0.39, 0.29) is 0 Å². The van der Waals surface area contributed by atoms with Crippen LogP contribution in [-0.4, -0.2) is 36.8 Å². The highest BCUT2D eigenvalue weighted by Gasteiger charge is 2.34. The Bertz CT molecular complexity index is 1230. The predicted molar refractivity (Wildman–Crippen MR) is 107 cm³/mol. The molecule has 0 aliphatic heterocycles. The Morgan fingerprint density at radius 3 is 2.48 bits per heavy atom. The van der Waals surface area contributed by atoms with Gasteiger partial charge in [-0.3, -0.25) is 0 Å². The van der Waals surface area contributed by atoms with Gasteiger partial charge in [-0.1, -0.05) is 11.6 Å². The van der Waals surface area contributed by atoms with E-state index in [1.165, 1.54) is 13.4 Å². The summed E-state index contributed by atoms with van der Waals surface area (Å²) >= 11 is 5.93. The van der Waals surface area contributed by atoms with Crippen molar-refractivity contribution in [2.75, 3.05) is 12.4 Å². The van der Waals surface area contributed by atoms with E-state index in [4.69, 9.17) is 16.3 Å². The maximum Gasteiger partial charge on any atom is 0.451 e. The van der Waals surface area contributed by atoms with E-state index in [2.05, 4.69) is 30.4 Å². The Labute approximate surface area is 179 Å². The highest BCUT2D eigenvalue weighted by atomic mass is 35.5. The fraction of sp³-hybridized carbons (Fsp3) is 0.211. The molecule has 1 atom stereocenters. The molecule has 0 radical (unpaired) electrons. The lowest BCUT2D eigenvalue weighted by atomic mass is 10.1. The van der Waals surface area contributed by atoms with Gasteiger partial charge in [0, 0.05) is 35.6 Å². The van der Waals surface area contributed by atoms with Gasteiger partial charge < -0.3 is 10.1 Å². The molecular formula is C19H15ClF3N7O. The molecule has 4 aromatic rings. The largest absolute Gasteiger partial charge is 0.494 e. The van der Waals surface area contributed by atoms with Crippen LogP contribution in [0.25, 0.3) is 16.6 Å². The number of nitrogens with zero attached hydrogens (tertiary/aromatic N) is 6. The lowest BCUT2D eigenvalue weighted by molar-refractivity contribution is -0.145. The van der Waals surface area contributed by atoms with Gasteiger partial charge in [-0.15, -0.1) is 0 Å². The molecular weight excluding hydrogens is 435 g/mol. The molecule has 1 N–H and O–H groups in total. The number of anilines is 1. The van der Waals surface area contributed by atoms with Crippen LogP contribution in [0.3, 0.4) is 0 Å². The molecule has 31 heavy (non-hydrogen) atoms. The van der Waals surface area contributed by atoms with Crippen molar-refractivity contribution in [3.05, 3.63) is 59.7 Å². The number of ether oxygens (including phenoxy) is 1. The van der Waals surface area contributed by atoms with Crippen molar-refractivity contribution in [2.24, 2.45) is 0 Å². The fourth-order valence-corrected chi connectivity index (χ4v) is 3.10. The Morgan fingerprint density at radius 2 is 1.87 bits per heavy atom. The molecule has 0 aliphatic rings. The van der Waals surface area contributed by atoms with E-state index in [1.54, 1.807) is 36.0 Å². The van der Waals surface area contributed by atoms with Crippen LogP contribution < -0.4 is 10.1 Å². The summed E-state index contributed by atoms with van der Waals surface area (Å²) < 4.78 is 45.2. The molecule has 0 bridgehead atoms. The van der Waals surface area contributed by atoms with E-state index in [1.807, 2.05) is 0 Å². The van der Waals surface area contributed by atoms with Crippen LogP contribution in [0.4, 0.5) is 19.0 Å². The first-order valence-electron chi connectivity index (χ1n) is 8.96. The van der Waals surface area contributed by atoms with Crippen LogP contribution >= 0.6 is 11.6 Å². The van der Waals surface area contributed by atoms with E-state index >= 15 is 0 Å². The van der Waals surface area contributed by atoms with Crippen molar-refractivity contribution < 1.29 is 17.9 Å². The first kappa shape index (κ1) is 20.8. The SMILES string of the molecule is COc1cc(-n2ccc(Cl)n2)cc2c(NC(C)c3cnc(C(F)(F)F)nc3)ncnc12. The van der Waals surface area contributed by atoms with Crippen molar-refractivity contribution in [3.8, 4) is 11.4 Å². The zero-order chi connectivity index (χ0) is 22.2. The summed E-state index contributed by atoms with van der Waals surface area (Å²) in [6.45, 7) is 1.76. The molecule has 160 valence electrons. The Balaban J connectivity index is 1.71. The van der Waals surface area contributed by atoms with Crippen molar-refractivity contribution >= 4 is 28.3 Å². The van der Waals surface area contributed by atoms with Crippen molar-refractivity contribution in [1.29, 1.82) is 0 Å². The fourth-order valence-electron chi connectivity index (χ4n) is 2.97. The summed E-state index contributed by atoms with van der Waals surface area (Å²) in [4.78, 5) is 15.4. The van der Waals surface area contributed by atoms with Crippen molar-refractivity contribution in [3.63, 3.8) is 0 Å². The lowest BCUT2D eigenvalue weighted by Crippen LogP contribution is -2.14. The van der Waals surface area contributed by atoms with Crippen LogP contribution in [0.1, 0.15) is 24.4 Å². The Morgan fingerprint density at radius 1 is 1.13 bits per heavy atom. The van der Waals surface area contributed by atoms with Gasteiger partial charge in [0.05, 0.1) is 18.8 Å². The van der Waals surface area contributed by atoms with E-state index in [0.717, 1.165) is 12.4 Å². The minimum atomic E-state index is -4.60. The average molecular weight is 450 g/mol. The number of fused-ring (bicyclic) bond motifs is 1. The van der Waals surface area contributed by atoms with Gasteiger partial charge in [0.2, 0.25) is 5.82 Å². The summed E-state index contributed by atoms with van der Waals surface area (Å²) in [7, 11) is 1.52. The normalized spacial score (nSPS) is 12.7. The maximum atomic E-state index is 12.7. The third-order valence-corrected chi connectivity index (χ3v) is 4.71. The minimum Gasteiger partial charge on any atom is -0.494 e. The predicted octanol–water partition coefficient (Wildman–Crippen LogP) is 4.46. The quantitative estimate of drug-likeness (QED) is 0.481. The van der Waals surface area contributed by atoms with Gasteiger partial charge in [-0.25, -0.2) is 24.6 Å². The third-order valence-electron chi connectivity index (χ3n) is 4.51. The van der Waals surface area contributed by atoms with Crippen LogP contribution in [0.5, 0.6) is 5.75 Å². The number of rotatable bonds is 5. The molecule has 4 rings (SSSR count). The second-order valence-electron chi connectivity index (χ2n) is 6.55. The van der Waals surface area contributed by atoms with Crippen LogP contribution in [0.15, 0.2) is 43.1 Å². The average Bonchev–Trinajstić information content (AvgIpc) is 3.19. The Kier molecular flexibility index (Phi) is 5.36. The number of hydrogen-bond donors (Lipinski definition) is 1. The van der Waals surface area contributed by atoms with Gasteiger partial charge >= 0.3 is 6.18 Å². The van der Waals surface area contributed by atoms with E-state index in [0.29, 0.717) is 38.9 Å². The number of alkyl halides is 3. The third kappa shape index (κ3) is 4.22. The van der Waals surface area contributed by atoms with Crippen LogP contribution in [0.2, 0.25) is 5.15 Å². The molecule has 3 heterocycles. The van der Waals surface area contributed by atoms with Crippen molar-refractivity contribution in [1.82, 2.24) is 29.7 Å². The van der Waals surface area contributed by atoms with E-state index in [9.17, 15) is 13.2 Å². The van der Waals surface area contributed by atoms with Crippen LogP contribution in [-0.2, 0) is 6.18 Å². The maximum absolute atomic E-state index is 12.7. The van der Waals surface area contributed by atoms with E-state index < -0.39 is 18.0 Å². The topological polar surface area (TPSA) is 90.6 Å². The molecule has 0 amide bonds. The summed E-state index contributed by atoms with van der Waals surface area (Å²) in [6, 6.07) is 4.77. The summed E-state index contributed by atoms with van der Waals surface area (Å²) in [5, 5.41) is 8.32. The molecule has 0 spiro atoms. The summed E-state index contributed by atoms with van der Waals surface area (Å²) in [6.07, 6.45) is 0.735. The number of nitrogens with one attached hydrogen (secondary N) is 1. The molecule has 1 unspecified atom stereocenters. The number of halogens is 4. The second kappa shape index (κ2) is 7.99. The first-order chi connectivity index (χ1) is 14.8. The number of benzene rings is 1. The number of hydrogen-bond acceptors (Lipinski definition) is 7. The highest BCUT2D eigenvalue weighted by molar-refractivity contribution is 6.29.